The molecule has 0 unspecified atom stereocenters. The molecule has 1 amide bonds. The van der Waals surface area contributed by atoms with Crippen molar-refractivity contribution >= 4 is 11.7 Å². The summed E-state index contributed by atoms with van der Waals surface area (Å²) in [6, 6.07) is 16.5. The maximum absolute atomic E-state index is 12.8. The van der Waals surface area contributed by atoms with Crippen LogP contribution in [-0.2, 0) is 11.2 Å². The fraction of sp³-hybridized carbons (Fsp3) is 0.385. The van der Waals surface area contributed by atoms with Crippen LogP contribution in [0.15, 0.2) is 48.5 Å². The van der Waals surface area contributed by atoms with Gasteiger partial charge in [-0.05, 0) is 67.1 Å². The molecule has 3 aromatic rings. The van der Waals surface area contributed by atoms with Crippen molar-refractivity contribution in [2.75, 3.05) is 38.2 Å². The third kappa shape index (κ3) is 5.13. The normalized spacial score (nSPS) is 14.3. The molecule has 0 spiro atoms. The van der Waals surface area contributed by atoms with Crippen LogP contribution < -0.4 is 9.64 Å². The molecule has 1 N–H and O–H groups in total. The Morgan fingerprint density at radius 2 is 1.91 bits per heavy atom. The standard InChI is InChI=1S/C26H32N4O2/c1-19-8-10-22(16-20(19)2)24-18-25(28-27-24)29-12-5-13-30(15-14-29)26(31)11-9-21-6-4-7-23(17-21)32-3/h4,6-8,10,16-18H,5,9,11-15H2,1-3H3,(H,27,28). The van der Waals surface area contributed by atoms with Crippen LogP contribution in [0.3, 0.4) is 0 Å². The predicted molar refractivity (Wildman–Crippen MR) is 128 cm³/mol. The summed E-state index contributed by atoms with van der Waals surface area (Å²) in [6.07, 6.45) is 2.19. The van der Waals surface area contributed by atoms with E-state index in [9.17, 15) is 4.79 Å². The zero-order valence-electron chi connectivity index (χ0n) is 19.2. The van der Waals surface area contributed by atoms with Gasteiger partial charge in [0.25, 0.3) is 0 Å². The maximum Gasteiger partial charge on any atom is 0.222 e. The van der Waals surface area contributed by atoms with Gasteiger partial charge in [0.1, 0.15) is 5.75 Å². The quantitative estimate of drug-likeness (QED) is 0.628. The summed E-state index contributed by atoms with van der Waals surface area (Å²) in [7, 11) is 1.66. The lowest BCUT2D eigenvalue weighted by Crippen LogP contribution is -2.35. The second-order valence-electron chi connectivity index (χ2n) is 8.51. The van der Waals surface area contributed by atoms with E-state index in [2.05, 4.69) is 53.2 Å². The monoisotopic (exact) mass is 432 g/mol. The lowest BCUT2D eigenvalue weighted by atomic mass is 10.0. The number of ether oxygens (including phenoxy) is 1. The number of carbonyl (C=O) groups is 1. The van der Waals surface area contributed by atoms with Gasteiger partial charge in [-0.3, -0.25) is 9.89 Å². The molecule has 1 aromatic heterocycles. The number of hydrogen-bond acceptors (Lipinski definition) is 4. The number of benzene rings is 2. The molecule has 0 saturated carbocycles. The van der Waals surface area contributed by atoms with Crippen LogP contribution in [0.5, 0.6) is 5.75 Å². The van der Waals surface area contributed by atoms with Crippen molar-refractivity contribution < 1.29 is 9.53 Å². The Bertz CT molecular complexity index is 1080. The van der Waals surface area contributed by atoms with E-state index in [-0.39, 0.29) is 5.91 Å². The number of aromatic amines is 1. The number of anilines is 1. The first kappa shape index (κ1) is 21.9. The fourth-order valence-electron chi connectivity index (χ4n) is 4.16. The van der Waals surface area contributed by atoms with Crippen LogP contribution in [0.1, 0.15) is 29.5 Å². The molecule has 32 heavy (non-hydrogen) atoms. The molecule has 0 aliphatic carbocycles. The van der Waals surface area contributed by atoms with Gasteiger partial charge < -0.3 is 14.5 Å². The summed E-state index contributed by atoms with van der Waals surface area (Å²) in [5, 5.41) is 7.74. The largest absolute Gasteiger partial charge is 0.497 e. The summed E-state index contributed by atoms with van der Waals surface area (Å²) in [5.74, 6) is 2.00. The number of rotatable bonds is 6. The SMILES string of the molecule is COc1cccc(CCC(=O)N2CCCN(c3cc(-c4ccc(C)c(C)c4)[nH]n3)CC2)c1. The first-order valence-corrected chi connectivity index (χ1v) is 11.3. The lowest BCUT2D eigenvalue weighted by Gasteiger charge is -2.22. The van der Waals surface area contributed by atoms with E-state index in [1.807, 2.05) is 29.2 Å². The molecule has 4 rings (SSSR count). The summed E-state index contributed by atoms with van der Waals surface area (Å²) in [6.45, 7) is 7.47. The van der Waals surface area contributed by atoms with Gasteiger partial charge in [-0.15, -0.1) is 0 Å². The Balaban J connectivity index is 1.34. The Hall–Kier alpha value is -3.28. The van der Waals surface area contributed by atoms with E-state index in [4.69, 9.17) is 4.74 Å². The fourth-order valence-corrected chi connectivity index (χ4v) is 4.16. The van der Waals surface area contributed by atoms with Gasteiger partial charge in [-0.2, -0.15) is 5.10 Å². The number of nitrogens with one attached hydrogen (secondary N) is 1. The van der Waals surface area contributed by atoms with Crippen molar-refractivity contribution in [2.24, 2.45) is 0 Å². The van der Waals surface area contributed by atoms with Gasteiger partial charge in [0.2, 0.25) is 5.91 Å². The van der Waals surface area contributed by atoms with Crippen molar-refractivity contribution in [1.82, 2.24) is 15.1 Å². The van der Waals surface area contributed by atoms with Gasteiger partial charge in [0.15, 0.2) is 5.82 Å². The molecule has 0 radical (unpaired) electrons. The molecule has 1 aliphatic heterocycles. The second kappa shape index (κ2) is 9.90. The number of hydrogen-bond donors (Lipinski definition) is 1. The zero-order chi connectivity index (χ0) is 22.5. The number of aryl methyl sites for hydroxylation is 3. The molecule has 6 heteroatoms. The molecule has 1 aliphatic rings. The van der Waals surface area contributed by atoms with Gasteiger partial charge in [-0.1, -0.05) is 24.3 Å². The topological polar surface area (TPSA) is 61.5 Å². The van der Waals surface area contributed by atoms with Crippen LogP contribution in [0.25, 0.3) is 11.3 Å². The summed E-state index contributed by atoms with van der Waals surface area (Å²) < 4.78 is 5.28. The molecule has 1 fully saturated rings. The minimum absolute atomic E-state index is 0.215. The van der Waals surface area contributed by atoms with Gasteiger partial charge in [0.05, 0.1) is 12.8 Å². The minimum atomic E-state index is 0.215. The van der Waals surface area contributed by atoms with Crippen LogP contribution >= 0.6 is 0 Å². The average molecular weight is 433 g/mol. The van der Waals surface area contributed by atoms with Gasteiger partial charge in [-0.25, -0.2) is 0 Å². The van der Waals surface area contributed by atoms with E-state index in [1.165, 1.54) is 11.1 Å². The van der Waals surface area contributed by atoms with E-state index < -0.39 is 0 Å². The number of aromatic nitrogens is 2. The second-order valence-corrected chi connectivity index (χ2v) is 8.51. The third-order valence-electron chi connectivity index (χ3n) is 6.32. The highest BCUT2D eigenvalue weighted by Crippen LogP contribution is 2.25. The van der Waals surface area contributed by atoms with Crippen molar-refractivity contribution in [1.29, 1.82) is 0 Å². The molecule has 168 valence electrons. The van der Waals surface area contributed by atoms with Crippen LogP contribution in [0.2, 0.25) is 0 Å². The number of H-pyrrole nitrogens is 1. The van der Waals surface area contributed by atoms with Crippen molar-refractivity contribution in [3.8, 4) is 17.0 Å². The van der Waals surface area contributed by atoms with E-state index in [1.54, 1.807) is 7.11 Å². The Kier molecular flexibility index (Phi) is 6.78. The molecule has 6 nitrogen and oxygen atoms in total. The highest BCUT2D eigenvalue weighted by Gasteiger charge is 2.21. The molecule has 1 saturated heterocycles. The van der Waals surface area contributed by atoms with Crippen LogP contribution in [-0.4, -0.2) is 54.3 Å². The first-order chi connectivity index (χ1) is 15.5. The molecule has 2 heterocycles. The first-order valence-electron chi connectivity index (χ1n) is 11.3. The number of amides is 1. The van der Waals surface area contributed by atoms with Crippen LogP contribution in [0, 0.1) is 13.8 Å². The van der Waals surface area contributed by atoms with E-state index in [0.29, 0.717) is 6.42 Å². The molecule has 0 atom stereocenters. The lowest BCUT2D eigenvalue weighted by molar-refractivity contribution is -0.130. The Morgan fingerprint density at radius 1 is 1.03 bits per heavy atom. The predicted octanol–water partition coefficient (Wildman–Crippen LogP) is 4.37. The van der Waals surface area contributed by atoms with Crippen LogP contribution in [0.4, 0.5) is 5.82 Å². The number of methoxy groups -OCH3 is 1. The summed E-state index contributed by atoms with van der Waals surface area (Å²) in [4.78, 5) is 17.1. The van der Waals surface area contributed by atoms with Crippen molar-refractivity contribution in [3.05, 3.63) is 65.2 Å². The van der Waals surface area contributed by atoms with Gasteiger partial charge in [0, 0.05) is 38.7 Å². The third-order valence-corrected chi connectivity index (χ3v) is 6.32. The minimum Gasteiger partial charge on any atom is -0.497 e. The molecular weight excluding hydrogens is 400 g/mol. The summed E-state index contributed by atoms with van der Waals surface area (Å²) >= 11 is 0. The highest BCUT2D eigenvalue weighted by atomic mass is 16.5. The molecule has 2 aromatic carbocycles. The zero-order valence-corrected chi connectivity index (χ0v) is 19.2. The average Bonchev–Trinajstić information content (AvgIpc) is 3.17. The molecule has 0 bridgehead atoms. The van der Waals surface area contributed by atoms with Crippen molar-refractivity contribution in [2.45, 2.75) is 33.1 Å². The number of nitrogens with zero attached hydrogens (tertiary/aromatic N) is 3. The summed E-state index contributed by atoms with van der Waals surface area (Å²) in [5.41, 5.74) is 5.87. The number of carbonyl (C=O) groups excluding carboxylic acids is 1. The van der Waals surface area contributed by atoms with E-state index >= 15 is 0 Å². The Morgan fingerprint density at radius 3 is 2.72 bits per heavy atom. The highest BCUT2D eigenvalue weighted by molar-refractivity contribution is 5.76. The van der Waals surface area contributed by atoms with E-state index in [0.717, 1.165) is 67.4 Å². The maximum atomic E-state index is 12.8. The Labute approximate surface area is 190 Å². The van der Waals surface area contributed by atoms with Gasteiger partial charge >= 0.3 is 0 Å². The van der Waals surface area contributed by atoms with Crippen molar-refractivity contribution in [3.63, 3.8) is 0 Å². The smallest absolute Gasteiger partial charge is 0.222 e. The molecular formula is C26H32N4O2.